The van der Waals surface area contributed by atoms with Gasteiger partial charge in [0.15, 0.2) is 0 Å². The molecule has 0 unspecified atom stereocenters. The second-order valence-corrected chi connectivity index (χ2v) is 4.65. The number of carboxylic acid groups (broad SMARTS) is 1. The van der Waals surface area contributed by atoms with Crippen LogP contribution in [-0.4, -0.2) is 47.6 Å². The van der Waals surface area contributed by atoms with Gasteiger partial charge in [-0.05, 0) is 25.7 Å². The Hall–Kier alpha value is -1.10. The molecule has 5 heteroatoms. The van der Waals surface area contributed by atoms with Crippen LogP contribution in [0.3, 0.4) is 0 Å². The van der Waals surface area contributed by atoms with Gasteiger partial charge in [-0.15, -0.1) is 0 Å². The number of hydrogen-bond acceptors (Lipinski definition) is 3. The normalized spacial score (nSPS) is 22.1. The lowest BCUT2D eigenvalue weighted by molar-refractivity contribution is -0.145. The van der Waals surface area contributed by atoms with Crippen molar-refractivity contribution in [3.63, 3.8) is 0 Å². The molecule has 1 aliphatic carbocycles. The highest BCUT2D eigenvalue weighted by atomic mass is 16.4. The number of amides is 1. The maximum atomic E-state index is 11.7. The average Bonchev–Trinajstić information content (AvgIpc) is 3.10. The fourth-order valence-electron chi connectivity index (χ4n) is 2.01. The molecule has 1 heterocycles. The Balaban J connectivity index is 1.70. The minimum Gasteiger partial charge on any atom is -0.481 e. The van der Waals surface area contributed by atoms with E-state index in [0.29, 0.717) is 38.5 Å². The minimum absolute atomic E-state index is 0.107. The number of nitrogens with one attached hydrogen (secondary N) is 1. The van der Waals surface area contributed by atoms with Crippen molar-refractivity contribution < 1.29 is 14.7 Å². The van der Waals surface area contributed by atoms with Crippen LogP contribution < -0.4 is 5.32 Å². The fraction of sp³-hybridized carbons (Fsp3) is 0.818. The van der Waals surface area contributed by atoms with E-state index in [9.17, 15) is 9.59 Å². The zero-order chi connectivity index (χ0) is 11.5. The summed E-state index contributed by atoms with van der Waals surface area (Å²) in [6, 6.07) is 0.542. The van der Waals surface area contributed by atoms with Gasteiger partial charge in [0, 0.05) is 19.1 Å². The molecule has 0 spiro atoms. The fourth-order valence-corrected chi connectivity index (χ4v) is 2.01. The van der Waals surface area contributed by atoms with Gasteiger partial charge in [-0.1, -0.05) is 0 Å². The van der Waals surface area contributed by atoms with E-state index in [2.05, 4.69) is 5.32 Å². The van der Waals surface area contributed by atoms with Crippen LogP contribution in [-0.2, 0) is 9.59 Å². The van der Waals surface area contributed by atoms with E-state index >= 15 is 0 Å². The molecule has 0 atom stereocenters. The van der Waals surface area contributed by atoms with Gasteiger partial charge >= 0.3 is 5.97 Å². The summed E-state index contributed by atoms with van der Waals surface area (Å²) in [7, 11) is 0. The second-order valence-electron chi connectivity index (χ2n) is 4.65. The molecule has 2 aliphatic rings. The standard InChI is InChI=1S/C11H18N2O3/c14-10(7-12-9-1-2-9)13-5-3-8(4-6-13)11(15)16/h8-9,12H,1-7H2,(H,15,16). The number of carbonyl (C=O) groups excluding carboxylic acids is 1. The number of carbonyl (C=O) groups is 2. The largest absolute Gasteiger partial charge is 0.481 e. The molecule has 2 rings (SSSR count). The predicted molar refractivity (Wildman–Crippen MR) is 58.0 cm³/mol. The molecule has 1 saturated carbocycles. The summed E-state index contributed by atoms with van der Waals surface area (Å²) in [5, 5.41) is 12.0. The lowest BCUT2D eigenvalue weighted by Crippen LogP contribution is -2.44. The van der Waals surface area contributed by atoms with Crippen molar-refractivity contribution in [3.8, 4) is 0 Å². The van der Waals surface area contributed by atoms with E-state index in [-0.39, 0.29) is 11.8 Å². The Morgan fingerprint density at radius 2 is 1.81 bits per heavy atom. The Kier molecular flexibility index (Phi) is 3.43. The third-order valence-electron chi connectivity index (χ3n) is 3.32. The molecular weight excluding hydrogens is 208 g/mol. The summed E-state index contributed by atoms with van der Waals surface area (Å²) < 4.78 is 0. The Morgan fingerprint density at radius 1 is 1.19 bits per heavy atom. The third kappa shape index (κ3) is 2.95. The molecular formula is C11H18N2O3. The van der Waals surface area contributed by atoms with Crippen LogP contribution in [0.25, 0.3) is 0 Å². The summed E-state index contributed by atoms with van der Waals surface area (Å²) in [6.45, 7) is 1.58. The summed E-state index contributed by atoms with van der Waals surface area (Å²) >= 11 is 0. The molecule has 5 nitrogen and oxygen atoms in total. The van der Waals surface area contributed by atoms with Crippen LogP contribution in [0.5, 0.6) is 0 Å². The number of nitrogens with zero attached hydrogens (tertiary/aromatic N) is 1. The molecule has 0 radical (unpaired) electrons. The van der Waals surface area contributed by atoms with Gasteiger partial charge in [-0.2, -0.15) is 0 Å². The first-order valence-electron chi connectivity index (χ1n) is 5.91. The molecule has 1 saturated heterocycles. The third-order valence-corrected chi connectivity index (χ3v) is 3.32. The first-order chi connectivity index (χ1) is 7.66. The zero-order valence-electron chi connectivity index (χ0n) is 9.32. The molecule has 90 valence electrons. The van der Waals surface area contributed by atoms with Gasteiger partial charge in [0.05, 0.1) is 12.5 Å². The average molecular weight is 226 g/mol. The van der Waals surface area contributed by atoms with E-state index in [1.54, 1.807) is 4.90 Å². The minimum atomic E-state index is -0.733. The summed E-state index contributed by atoms with van der Waals surface area (Å²) in [4.78, 5) is 24.2. The summed E-state index contributed by atoms with van der Waals surface area (Å²) in [5.41, 5.74) is 0. The monoisotopic (exact) mass is 226 g/mol. The molecule has 0 bridgehead atoms. The van der Waals surface area contributed by atoms with Crippen molar-refractivity contribution in [1.29, 1.82) is 0 Å². The van der Waals surface area contributed by atoms with E-state index in [0.717, 1.165) is 0 Å². The van der Waals surface area contributed by atoms with Crippen LogP contribution in [0.15, 0.2) is 0 Å². The number of rotatable bonds is 4. The molecule has 1 aliphatic heterocycles. The maximum absolute atomic E-state index is 11.7. The van der Waals surface area contributed by atoms with Crippen molar-refractivity contribution in [1.82, 2.24) is 10.2 Å². The van der Waals surface area contributed by atoms with Gasteiger partial charge in [-0.3, -0.25) is 9.59 Å². The lowest BCUT2D eigenvalue weighted by atomic mass is 9.97. The van der Waals surface area contributed by atoms with Crippen molar-refractivity contribution in [2.24, 2.45) is 5.92 Å². The maximum Gasteiger partial charge on any atom is 0.306 e. The van der Waals surface area contributed by atoms with Gasteiger partial charge in [0.25, 0.3) is 0 Å². The predicted octanol–water partition coefficient (Wildman–Crippen LogP) is 0.0616. The highest BCUT2D eigenvalue weighted by Crippen LogP contribution is 2.19. The van der Waals surface area contributed by atoms with Crippen molar-refractivity contribution >= 4 is 11.9 Å². The first-order valence-corrected chi connectivity index (χ1v) is 5.91. The Bertz CT molecular complexity index is 281. The molecule has 2 fully saturated rings. The van der Waals surface area contributed by atoms with Crippen LogP contribution in [0.2, 0.25) is 0 Å². The summed E-state index contributed by atoms with van der Waals surface area (Å²) in [6.07, 6.45) is 3.53. The second kappa shape index (κ2) is 4.82. The van der Waals surface area contributed by atoms with Gasteiger partial charge in [0.1, 0.15) is 0 Å². The highest BCUT2D eigenvalue weighted by Gasteiger charge is 2.28. The number of likely N-dealkylation sites (tertiary alicyclic amines) is 1. The molecule has 0 aromatic heterocycles. The van der Waals surface area contributed by atoms with E-state index in [4.69, 9.17) is 5.11 Å². The molecule has 0 aromatic carbocycles. The number of aliphatic carboxylic acids is 1. The lowest BCUT2D eigenvalue weighted by Gasteiger charge is -2.30. The van der Waals surface area contributed by atoms with E-state index in [1.807, 2.05) is 0 Å². The van der Waals surface area contributed by atoms with Gasteiger partial charge in [-0.25, -0.2) is 0 Å². The Morgan fingerprint density at radius 3 is 2.31 bits per heavy atom. The van der Waals surface area contributed by atoms with E-state index < -0.39 is 5.97 Å². The van der Waals surface area contributed by atoms with Crippen molar-refractivity contribution in [2.75, 3.05) is 19.6 Å². The quantitative estimate of drug-likeness (QED) is 0.711. The zero-order valence-corrected chi connectivity index (χ0v) is 9.32. The molecule has 1 amide bonds. The first kappa shape index (κ1) is 11.4. The SMILES string of the molecule is O=C(O)C1CCN(C(=O)CNC2CC2)CC1. The highest BCUT2D eigenvalue weighted by molar-refractivity contribution is 5.79. The molecule has 16 heavy (non-hydrogen) atoms. The summed E-state index contributed by atoms with van der Waals surface area (Å²) in [5.74, 6) is -0.889. The number of hydrogen-bond donors (Lipinski definition) is 2. The van der Waals surface area contributed by atoms with Gasteiger partial charge in [0.2, 0.25) is 5.91 Å². The van der Waals surface area contributed by atoms with Crippen molar-refractivity contribution in [3.05, 3.63) is 0 Å². The van der Waals surface area contributed by atoms with Gasteiger partial charge < -0.3 is 15.3 Å². The smallest absolute Gasteiger partial charge is 0.306 e. The van der Waals surface area contributed by atoms with Crippen LogP contribution >= 0.6 is 0 Å². The van der Waals surface area contributed by atoms with Crippen molar-refractivity contribution in [2.45, 2.75) is 31.7 Å². The number of carboxylic acids is 1. The number of piperidine rings is 1. The topological polar surface area (TPSA) is 69.6 Å². The van der Waals surface area contributed by atoms with Crippen LogP contribution in [0, 0.1) is 5.92 Å². The molecule has 0 aromatic rings. The van der Waals surface area contributed by atoms with Crippen LogP contribution in [0.4, 0.5) is 0 Å². The van der Waals surface area contributed by atoms with E-state index in [1.165, 1.54) is 12.8 Å². The Labute approximate surface area is 94.8 Å². The molecule has 2 N–H and O–H groups in total. The van der Waals surface area contributed by atoms with Crippen LogP contribution in [0.1, 0.15) is 25.7 Å².